The van der Waals surface area contributed by atoms with Crippen molar-refractivity contribution in [2.24, 2.45) is 0 Å². The first-order valence-electron chi connectivity index (χ1n) is 9.02. The predicted molar refractivity (Wildman–Crippen MR) is 107 cm³/mol. The van der Waals surface area contributed by atoms with E-state index in [0.717, 1.165) is 34.6 Å². The van der Waals surface area contributed by atoms with Crippen molar-refractivity contribution in [1.82, 2.24) is 9.97 Å². The molecule has 1 N–H and O–H groups in total. The molecule has 0 spiro atoms. The van der Waals surface area contributed by atoms with Gasteiger partial charge in [-0.05, 0) is 43.3 Å². The summed E-state index contributed by atoms with van der Waals surface area (Å²) < 4.78 is 16.3. The van der Waals surface area contributed by atoms with Crippen LogP contribution in [0.15, 0.2) is 42.6 Å². The van der Waals surface area contributed by atoms with Gasteiger partial charge in [0.1, 0.15) is 6.07 Å². The number of hydrogen-bond donors (Lipinski definition) is 1. The molecule has 0 atom stereocenters. The maximum absolute atomic E-state index is 9.18. The number of rotatable bonds is 8. The van der Waals surface area contributed by atoms with E-state index in [1.54, 1.807) is 20.4 Å². The molecule has 0 bridgehead atoms. The van der Waals surface area contributed by atoms with Crippen LogP contribution in [0.5, 0.6) is 11.5 Å². The molecule has 1 aromatic carbocycles. The van der Waals surface area contributed by atoms with Gasteiger partial charge in [-0.15, -0.1) is 0 Å². The lowest BCUT2D eigenvalue weighted by molar-refractivity contribution is 0.170. The van der Waals surface area contributed by atoms with E-state index in [1.165, 1.54) is 0 Å². The predicted octanol–water partition coefficient (Wildman–Crippen LogP) is 4.35. The van der Waals surface area contributed by atoms with Gasteiger partial charge < -0.3 is 19.2 Å². The van der Waals surface area contributed by atoms with E-state index < -0.39 is 0 Å². The maximum atomic E-state index is 9.18. The molecule has 0 aliphatic rings. The van der Waals surface area contributed by atoms with Gasteiger partial charge in [-0.3, -0.25) is 4.98 Å². The highest BCUT2D eigenvalue weighted by molar-refractivity contribution is 5.71. The molecule has 3 rings (SSSR count). The first kappa shape index (κ1) is 19.5. The smallest absolute Gasteiger partial charge is 0.161 e. The summed E-state index contributed by atoms with van der Waals surface area (Å²) in [5.74, 6) is 1.35. The summed E-state index contributed by atoms with van der Waals surface area (Å²) in [6.07, 6.45) is 2.56. The molecule has 2 aromatic heterocycles. The maximum Gasteiger partial charge on any atom is 0.161 e. The van der Waals surface area contributed by atoms with Crippen molar-refractivity contribution >= 4 is 0 Å². The Balaban J connectivity index is 1.89. The number of nitrogens with one attached hydrogen (secondary N) is 1. The van der Waals surface area contributed by atoms with E-state index >= 15 is 0 Å². The van der Waals surface area contributed by atoms with Crippen molar-refractivity contribution in [1.29, 1.82) is 5.26 Å². The summed E-state index contributed by atoms with van der Waals surface area (Å²) in [4.78, 5) is 7.75. The topological polar surface area (TPSA) is 80.2 Å². The molecular weight excluding hydrogens is 354 g/mol. The average molecular weight is 377 g/mol. The van der Waals surface area contributed by atoms with Gasteiger partial charge in [0.15, 0.2) is 11.5 Å². The molecule has 28 heavy (non-hydrogen) atoms. The lowest BCUT2D eigenvalue weighted by Gasteiger charge is -2.12. The van der Waals surface area contributed by atoms with Crippen LogP contribution >= 0.6 is 0 Å². The van der Waals surface area contributed by atoms with Crippen LogP contribution in [-0.4, -0.2) is 37.4 Å². The third kappa shape index (κ3) is 4.33. The van der Waals surface area contributed by atoms with E-state index in [9.17, 15) is 5.26 Å². The van der Waals surface area contributed by atoms with Crippen molar-refractivity contribution in [3.63, 3.8) is 0 Å². The van der Waals surface area contributed by atoms with Crippen molar-refractivity contribution in [2.45, 2.75) is 13.3 Å². The van der Waals surface area contributed by atoms with Gasteiger partial charge in [-0.25, -0.2) is 0 Å². The number of aryl methyl sites for hydroxylation is 1. The molecule has 6 heteroatoms. The zero-order valence-electron chi connectivity index (χ0n) is 16.3. The number of nitrogens with zero attached hydrogens (tertiary/aromatic N) is 2. The molecule has 6 nitrogen and oxygen atoms in total. The number of ether oxygens (including phenoxy) is 3. The molecule has 2 heterocycles. The first-order valence-corrected chi connectivity index (χ1v) is 9.02. The molecule has 0 aliphatic heterocycles. The van der Waals surface area contributed by atoms with Gasteiger partial charge in [-0.2, -0.15) is 5.26 Å². The SMILES string of the molecule is COCCCOc1cc(-c2cc(-c3cc(C#N)c(C)[nH]3)ccn2)ccc1OC. The molecule has 0 amide bonds. The Morgan fingerprint density at radius 2 is 1.89 bits per heavy atom. The largest absolute Gasteiger partial charge is 0.493 e. The second-order valence-corrected chi connectivity index (χ2v) is 6.32. The summed E-state index contributed by atoms with van der Waals surface area (Å²) in [7, 11) is 3.29. The van der Waals surface area contributed by atoms with Gasteiger partial charge in [0.25, 0.3) is 0 Å². The van der Waals surface area contributed by atoms with Crippen molar-refractivity contribution in [3.05, 3.63) is 53.9 Å². The quantitative estimate of drug-likeness (QED) is 0.591. The van der Waals surface area contributed by atoms with Crippen molar-refractivity contribution in [2.75, 3.05) is 27.4 Å². The van der Waals surface area contributed by atoms with Crippen LogP contribution in [0.4, 0.5) is 0 Å². The molecular formula is C22H23N3O3. The van der Waals surface area contributed by atoms with Crippen molar-refractivity contribution in [3.8, 4) is 40.1 Å². The highest BCUT2D eigenvalue weighted by Gasteiger charge is 2.11. The minimum atomic E-state index is 0.541. The number of H-pyrrole nitrogens is 1. The summed E-state index contributed by atoms with van der Waals surface area (Å²) in [5.41, 5.74) is 5.09. The van der Waals surface area contributed by atoms with Crippen LogP contribution in [0.1, 0.15) is 17.7 Å². The van der Waals surface area contributed by atoms with Crippen LogP contribution in [0.25, 0.3) is 22.5 Å². The van der Waals surface area contributed by atoms with Crippen LogP contribution < -0.4 is 9.47 Å². The summed E-state index contributed by atoms with van der Waals surface area (Å²) in [5, 5.41) is 9.18. The van der Waals surface area contributed by atoms with Crippen LogP contribution in [0, 0.1) is 18.3 Å². The molecule has 0 saturated heterocycles. The van der Waals surface area contributed by atoms with E-state index in [4.69, 9.17) is 14.2 Å². The number of hydrogen-bond acceptors (Lipinski definition) is 5. The Kier molecular flexibility index (Phi) is 6.30. The van der Waals surface area contributed by atoms with E-state index in [1.807, 2.05) is 43.3 Å². The number of benzene rings is 1. The monoisotopic (exact) mass is 377 g/mol. The van der Waals surface area contributed by atoms with Crippen molar-refractivity contribution < 1.29 is 14.2 Å². The minimum Gasteiger partial charge on any atom is -0.493 e. The molecule has 0 aliphatic carbocycles. The second-order valence-electron chi connectivity index (χ2n) is 6.32. The third-order valence-electron chi connectivity index (χ3n) is 4.42. The Bertz CT molecular complexity index is 989. The number of pyridine rings is 1. The fourth-order valence-corrected chi connectivity index (χ4v) is 2.92. The molecule has 0 saturated carbocycles. The van der Waals surface area contributed by atoms with E-state index in [2.05, 4.69) is 16.0 Å². The molecule has 3 aromatic rings. The summed E-state index contributed by atoms with van der Waals surface area (Å²) in [6.45, 7) is 3.08. The van der Waals surface area contributed by atoms with Gasteiger partial charge in [0.05, 0.1) is 25.0 Å². The van der Waals surface area contributed by atoms with Crippen LogP contribution in [0.3, 0.4) is 0 Å². The van der Waals surface area contributed by atoms with Gasteiger partial charge in [-0.1, -0.05) is 0 Å². The zero-order valence-corrected chi connectivity index (χ0v) is 16.3. The Labute approximate surface area is 164 Å². The number of nitriles is 1. The Morgan fingerprint density at radius 1 is 1.04 bits per heavy atom. The average Bonchev–Trinajstić information content (AvgIpc) is 3.12. The fourth-order valence-electron chi connectivity index (χ4n) is 2.92. The highest BCUT2D eigenvalue weighted by Crippen LogP contribution is 2.33. The number of aromatic nitrogens is 2. The normalized spacial score (nSPS) is 10.5. The number of aromatic amines is 1. The molecule has 144 valence electrons. The third-order valence-corrected chi connectivity index (χ3v) is 4.42. The van der Waals surface area contributed by atoms with Gasteiger partial charge >= 0.3 is 0 Å². The molecule has 0 fully saturated rings. The van der Waals surface area contributed by atoms with Gasteiger partial charge in [0, 0.05) is 48.8 Å². The minimum absolute atomic E-state index is 0.541. The fraction of sp³-hybridized carbons (Fsp3) is 0.273. The van der Waals surface area contributed by atoms with Crippen LogP contribution in [-0.2, 0) is 4.74 Å². The van der Waals surface area contributed by atoms with E-state index in [0.29, 0.717) is 30.3 Å². The zero-order chi connectivity index (χ0) is 19.9. The highest BCUT2D eigenvalue weighted by atomic mass is 16.5. The molecule has 0 unspecified atom stereocenters. The lowest BCUT2D eigenvalue weighted by Crippen LogP contribution is -2.02. The molecule has 0 radical (unpaired) electrons. The number of methoxy groups -OCH3 is 2. The first-order chi connectivity index (χ1) is 13.7. The van der Waals surface area contributed by atoms with Gasteiger partial charge in [0.2, 0.25) is 0 Å². The van der Waals surface area contributed by atoms with E-state index in [-0.39, 0.29) is 0 Å². The lowest BCUT2D eigenvalue weighted by atomic mass is 10.1. The Morgan fingerprint density at radius 3 is 2.61 bits per heavy atom. The summed E-state index contributed by atoms with van der Waals surface area (Å²) in [6, 6.07) is 13.7. The Hall–Kier alpha value is -3.30. The van der Waals surface area contributed by atoms with Crippen LogP contribution in [0.2, 0.25) is 0 Å². The summed E-state index contributed by atoms with van der Waals surface area (Å²) >= 11 is 0. The second kappa shape index (κ2) is 9.07. The standard InChI is InChI=1S/C22H23N3O3/c1-15-18(14-23)12-20(25-15)17-7-8-24-19(11-17)16-5-6-21(27-3)22(13-16)28-10-4-9-26-2/h5-8,11-13,25H,4,9-10H2,1-3H3.